The molecule has 2 N–H and O–H groups in total. The van der Waals surface area contributed by atoms with Crippen molar-refractivity contribution in [2.75, 3.05) is 37.2 Å². The minimum Gasteiger partial charge on any atom is -0.337 e. The largest absolute Gasteiger partial charge is 0.337 e. The molecule has 1 aromatic rings. The van der Waals surface area contributed by atoms with Gasteiger partial charge < -0.3 is 14.9 Å². The van der Waals surface area contributed by atoms with Crippen LogP contribution in [-0.4, -0.2) is 52.4 Å². The van der Waals surface area contributed by atoms with E-state index in [-0.39, 0.29) is 5.91 Å². The van der Waals surface area contributed by atoms with Gasteiger partial charge in [-0.3, -0.25) is 4.79 Å². The molecule has 6 nitrogen and oxygen atoms in total. The van der Waals surface area contributed by atoms with Gasteiger partial charge in [-0.1, -0.05) is 0 Å². The summed E-state index contributed by atoms with van der Waals surface area (Å²) in [6, 6.07) is 3.42. The van der Waals surface area contributed by atoms with E-state index < -0.39 is 11.0 Å². The Morgan fingerprint density at radius 2 is 2.10 bits per heavy atom. The molecular formula is C13H18N4O2S. The molecule has 0 aromatic carbocycles. The van der Waals surface area contributed by atoms with Crippen LogP contribution in [0.1, 0.15) is 10.5 Å². The van der Waals surface area contributed by atoms with Crippen molar-refractivity contribution in [1.82, 2.24) is 15.2 Å². The fourth-order valence-corrected chi connectivity index (χ4v) is 3.38. The van der Waals surface area contributed by atoms with E-state index in [9.17, 15) is 9.00 Å². The average molecular weight is 294 g/mol. The van der Waals surface area contributed by atoms with Gasteiger partial charge in [0.2, 0.25) is 0 Å². The molecule has 0 saturated carbocycles. The highest BCUT2D eigenvalue weighted by molar-refractivity contribution is 7.85. The fourth-order valence-electron chi connectivity index (χ4n) is 2.93. The van der Waals surface area contributed by atoms with Crippen LogP contribution in [-0.2, 0) is 11.0 Å². The molecule has 2 fully saturated rings. The van der Waals surface area contributed by atoms with Crippen LogP contribution in [0.4, 0.5) is 5.69 Å². The van der Waals surface area contributed by atoms with Crippen molar-refractivity contribution in [1.29, 1.82) is 0 Å². The third kappa shape index (κ3) is 2.69. The lowest BCUT2D eigenvalue weighted by atomic mass is 10.0. The van der Waals surface area contributed by atoms with E-state index in [2.05, 4.69) is 15.0 Å². The van der Waals surface area contributed by atoms with Gasteiger partial charge in [-0.15, -0.1) is 0 Å². The van der Waals surface area contributed by atoms with Gasteiger partial charge in [0.1, 0.15) is 16.7 Å². The Labute approximate surface area is 120 Å². The molecule has 1 amide bonds. The van der Waals surface area contributed by atoms with Gasteiger partial charge in [0.15, 0.2) is 0 Å². The SMILES string of the molecule is CS(=O)Nc1ccc(C(=O)N2C[C@H]3CNC[C@H]3C2)nc1. The van der Waals surface area contributed by atoms with E-state index in [1.807, 2.05) is 4.90 Å². The van der Waals surface area contributed by atoms with Crippen LogP contribution < -0.4 is 10.0 Å². The zero-order valence-electron chi connectivity index (χ0n) is 11.3. The van der Waals surface area contributed by atoms with Crippen molar-refractivity contribution in [3.8, 4) is 0 Å². The number of carbonyl (C=O) groups excluding carboxylic acids is 1. The first-order valence-corrected chi connectivity index (χ1v) is 8.25. The number of anilines is 1. The molecule has 1 aromatic heterocycles. The molecule has 2 saturated heterocycles. The van der Waals surface area contributed by atoms with Crippen LogP contribution in [0.25, 0.3) is 0 Å². The molecule has 0 bridgehead atoms. The van der Waals surface area contributed by atoms with Crippen molar-refractivity contribution in [3.05, 3.63) is 24.0 Å². The van der Waals surface area contributed by atoms with Gasteiger partial charge in [-0.2, -0.15) is 0 Å². The van der Waals surface area contributed by atoms with Gasteiger partial charge in [0, 0.05) is 32.4 Å². The van der Waals surface area contributed by atoms with E-state index in [1.54, 1.807) is 24.6 Å². The number of likely N-dealkylation sites (tertiary alicyclic amines) is 1. The van der Waals surface area contributed by atoms with Gasteiger partial charge in [0.05, 0.1) is 11.9 Å². The minimum atomic E-state index is -1.13. The van der Waals surface area contributed by atoms with Gasteiger partial charge in [-0.05, 0) is 24.0 Å². The predicted octanol–water partition coefficient (Wildman–Crippen LogP) is 0.0784. The molecule has 20 heavy (non-hydrogen) atoms. The maximum absolute atomic E-state index is 12.4. The van der Waals surface area contributed by atoms with E-state index >= 15 is 0 Å². The number of carbonyl (C=O) groups is 1. The summed E-state index contributed by atoms with van der Waals surface area (Å²) in [6.45, 7) is 3.65. The van der Waals surface area contributed by atoms with Crippen LogP contribution in [0.15, 0.2) is 18.3 Å². The minimum absolute atomic E-state index is 0.0106. The van der Waals surface area contributed by atoms with E-state index in [0.29, 0.717) is 23.2 Å². The van der Waals surface area contributed by atoms with Crippen LogP contribution >= 0.6 is 0 Å². The third-order valence-corrected chi connectivity index (χ3v) is 4.44. The molecular weight excluding hydrogens is 276 g/mol. The zero-order chi connectivity index (χ0) is 14.1. The van der Waals surface area contributed by atoms with Crippen molar-refractivity contribution in [3.63, 3.8) is 0 Å². The Morgan fingerprint density at radius 3 is 2.65 bits per heavy atom. The van der Waals surface area contributed by atoms with E-state index in [0.717, 1.165) is 26.2 Å². The highest BCUT2D eigenvalue weighted by Gasteiger charge is 2.38. The Morgan fingerprint density at radius 1 is 1.40 bits per heavy atom. The quantitative estimate of drug-likeness (QED) is 0.828. The molecule has 0 radical (unpaired) electrons. The molecule has 3 heterocycles. The number of nitrogens with one attached hydrogen (secondary N) is 2. The molecule has 3 atom stereocenters. The van der Waals surface area contributed by atoms with Gasteiger partial charge in [0.25, 0.3) is 5.91 Å². The highest BCUT2D eigenvalue weighted by Crippen LogP contribution is 2.27. The second-order valence-electron chi connectivity index (χ2n) is 5.38. The summed E-state index contributed by atoms with van der Waals surface area (Å²) in [7, 11) is -1.13. The summed E-state index contributed by atoms with van der Waals surface area (Å²) < 4.78 is 13.8. The standard InChI is InChI=1S/C13H18N4O2S/c1-20(19)16-11-2-3-12(15-6-11)13(18)17-7-9-4-14-5-10(9)8-17/h2-3,6,9-10,14,16H,4-5,7-8H2,1H3/t9-,10+,20?. The number of aromatic nitrogens is 1. The van der Waals surface area contributed by atoms with Gasteiger partial charge >= 0.3 is 0 Å². The summed E-state index contributed by atoms with van der Waals surface area (Å²) in [5.41, 5.74) is 1.11. The first-order valence-electron chi connectivity index (χ1n) is 6.69. The van der Waals surface area contributed by atoms with Crippen molar-refractivity contribution >= 4 is 22.6 Å². The number of hydrogen-bond acceptors (Lipinski definition) is 4. The lowest BCUT2D eigenvalue weighted by Gasteiger charge is -2.17. The first kappa shape index (κ1) is 13.5. The molecule has 108 valence electrons. The summed E-state index contributed by atoms with van der Waals surface area (Å²) in [5.74, 6) is 1.16. The Kier molecular flexibility index (Phi) is 3.71. The predicted molar refractivity (Wildman–Crippen MR) is 77.7 cm³/mol. The number of pyridine rings is 1. The maximum Gasteiger partial charge on any atom is 0.272 e. The normalized spacial score (nSPS) is 26.4. The van der Waals surface area contributed by atoms with Crippen LogP contribution in [0.5, 0.6) is 0 Å². The molecule has 7 heteroatoms. The van der Waals surface area contributed by atoms with Crippen LogP contribution in [0, 0.1) is 11.8 Å². The van der Waals surface area contributed by atoms with Gasteiger partial charge in [-0.25, -0.2) is 9.19 Å². The second-order valence-corrected chi connectivity index (χ2v) is 6.49. The Balaban J connectivity index is 1.67. The van der Waals surface area contributed by atoms with Crippen molar-refractivity contribution < 1.29 is 9.00 Å². The summed E-state index contributed by atoms with van der Waals surface area (Å²) in [6.07, 6.45) is 3.10. The molecule has 2 aliphatic rings. The number of amides is 1. The third-order valence-electron chi connectivity index (χ3n) is 3.92. The monoisotopic (exact) mass is 294 g/mol. The number of nitrogens with zero attached hydrogens (tertiary/aromatic N) is 2. The maximum atomic E-state index is 12.4. The van der Waals surface area contributed by atoms with E-state index in [4.69, 9.17) is 0 Å². The second kappa shape index (κ2) is 5.49. The van der Waals surface area contributed by atoms with Crippen molar-refractivity contribution in [2.45, 2.75) is 0 Å². The smallest absolute Gasteiger partial charge is 0.272 e. The molecule has 1 unspecified atom stereocenters. The number of fused-ring (bicyclic) bond motifs is 1. The van der Waals surface area contributed by atoms with Crippen LogP contribution in [0.2, 0.25) is 0 Å². The Bertz CT molecular complexity index is 522. The average Bonchev–Trinajstić information content (AvgIpc) is 2.98. The Hall–Kier alpha value is -1.47. The lowest BCUT2D eigenvalue weighted by molar-refractivity contribution is 0.0776. The summed E-state index contributed by atoms with van der Waals surface area (Å²) in [5, 5.41) is 3.36. The van der Waals surface area contributed by atoms with Crippen LogP contribution in [0.3, 0.4) is 0 Å². The summed E-state index contributed by atoms with van der Waals surface area (Å²) in [4.78, 5) is 18.4. The molecule has 0 spiro atoms. The number of hydrogen-bond donors (Lipinski definition) is 2. The fraction of sp³-hybridized carbons (Fsp3) is 0.538. The molecule has 2 aliphatic heterocycles. The zero-order valence-corrected chi connectivity index (χ0v) is 12.2. The van der Waals surface area contributed by atoms with Crippen molar-refractivity contribution in [2.24, 2.45) is 11.8 Å². The lowest BCUT2D eigenvalue weighted by Crippen LogP contribution is -2.32. The number of rotatable bonds is 3. The highest BCUT2D eigenvalue weighted by atomic mass is 32.2. The molecule has 0 aliphatic carbocycles. The summed E-state index contributed by atoms with van der Waals surface area (Å²) >= 11 is 0. The first-order chi connectivity index (χ1) is 9.63. The topological polar surface area (TPSA) is 74.3 Å². The molecule has 3 rings (SSSR count). The van der Waals surface area contributed by atoms with E-state index in [1.165, 1.54) is 0 Å².